The number of nitrogens with zero attached hydrogens (tertiary/aromatic N) is 8. The monoisotopic (exact) mass is 776 g/mol. The molecule has 0 bridgehead atoms. The van der Waals surface area contributed by atoms with Crippen molar-refractivity contribution in [3.63, 3.8) is 0 Å². The largest absolute Gasteiger partial charge is 0.484 e. The fourth-order valence-corrected chi connectivity index (χ4v) is 8.10. The van der Waals surface area contributed by atoms with Gasteiger partial charge in [-0.25, -0.2) is 9.48 Å². The molecule has 2 aromatic carbocycles. The first-order valence-corrected chi connectivity index (χ1v) is 20.1. The van der Waals surface area contributed by atoms with E-state index in [4.69, 9.17) is 19.7 Å². The Labute approximate surface area is 334 Å². The Kier molecular flexibility index (Phi) is 12.1. The van der Waals surface area contributed by atoms with E-state index >= 15 is 0 Å². The molecule has 14 nitrogen and oxygen atoms in total. The first-order chi connectivity index (χ1) is 27.5. The predicted octanol–water partition coefficient (Wildman–Crippen LogP) is 6.82. The molecule has 2 amide bonds. The van der Waals surface area contributed by atoms with Crippen molar-refractivity contribution in [2.75, 3.05) is 50.0 Å². The number of carbonyl (C=O) groups excluding carboxylic acids is 1. The minimum Gasteiger partial charge on any atom is -0.484 e. The minimum atomic E-state index is -0.262. The average Bonchev–Trinajstić information content (AvgIpc) is 3.82. The number of ether oxygens (including phenoxy) is 1. The molecule has 8 rings (SSSR count). The van der Waals surface area contributed by atoms with Crippen LogP contribution in [-0.4, -0.2) is 97.6 Å². The van der Waals surface area contributed by atoms with E-state index in [2.05, 4.69) is 111 Å². The first-order valence-electron chi connectivity index (χ1n) is 20.1. The second-order valence-corrected chi connectivity index (χ2v) is 16.5. The van der Waals surface area contributed by atoms with Gasteiger partial charge in [0.15, 0.2) is 5.65 Å². The molecule has 2 fully saturated rings. The third-order valence-corrected chi connectivity index (χ3v) is 11.3. The number of rotatable bonds is 8. The molecular weight excluding hydrogens is 721 g/mol. The number of hydrogen-bond acceptors (Lipinski definition) is 9. The molecule has 2 saturated heterocycles. The van der Waals surface area contributed by atoms with E-state index in [-0.39, 0.29) is 30.1 Å². The van der Waals surface area contributed by atoms with Crippen LogP contribution in [0.4, 0.5) is 16.6 Å². The van der Waals surface area contributed by atoms with Gasteiger partial charge in [0.25, 0.3) is 6.47 Å². The van der Waals surface area contributed by atoms with Crippen LogP contribution in [0.5, 0.6) is 5.75 Å². The van der Waals surface area contributed by atoms with Crippen LogP contribution in [0, 0.1) is 0 Å². The zero-order chi connectivity index (χ0) is 40.1. The lowest BCUT2D eigenvalue weighted by molar-refractivity contribution is -0.122. The van der Waals surface area contributed by atoms with E-state index in [0.29, 0.717) is 11.9 Å². The Bertz CT molecular complexity index is 2150. The fourth-order valence-electron chi connectivity index (χ4n) is 8.10. The van der Waals surface area contributed by atoms with Crippen molar-refractivity contribution in [2.45, 2.75) is 89.9 Å². The molecule has 0 saturated carbocycles. The summed E-state index contributed by atoms with van der Waals surface area (Å²) in [7, 11) is 2.18. The number of piperidine rings is 1. The van der Waals surface area contributed by atoms with Gasteiger partial charge in [0, 0.05) is 56.8 Å². The average molecular weight is 777 g/mol. The van der Waals surface area contributed by atoms with Gasteiger partial charge in [-0.05, 0) is 87.0 Å². The van der Waals surface area contributed by atoms with Gasteiger partial charge >= 0.3 is 6.03 Å². The highest BCUT2D eigenvalue weighted by atomic mass is 16.5. The summed E-state index contributed by atoms with van der Waals surface area (Å²) in [5.41, 5.74) is 5.83. The number of pyridine rings is 1. The summed E-state index contributed by atoms with van der Waals surface area (Å²) in [6.45, 7) is 14.6. The van der Waals surface area contributed by atoms with E-state index in [1.807, 2.05) is 41.2 Å². The smallest absolute Gasteiger partial charge is 0.320 e. The van der Waals surface area contributed by atoms with Crippen molar-refractivity contribution in [2.24, 2.45) is 0 Å². The quantitative estimate of drug-likeness (QED) is 0.144. The molecule has 302 valence electrons. The number of hydrogen-bond donors (Lipinski definition) is 3. The van der Waals surface area contributed by atoms with Crippen molar-refractivity contribution in [1.82, 2.24) is 39.5 Å². The molecule has 1 aliphatic carbocycles. The molecule has 3 aromatic heterocycles. The van der Waals surface area contributed by atoms with E-state index in [0.717, 1.165) is 105 Å². The number of urea groups is 1. The van der Waals surface area contributed by atoms with Crippen LogP contribution < -0.4 is 20.3 Å². The Morgan fingerprint density at radius 1 is 0.930 bits per heavy atom. The van der Waals surface area contributed by atoms with Crippen LogP contribution in [0.2, 0.25) is 0 Å². The number of carboxylic acid groups (broad SMARTS) is 1. The van der Waals surface area contributed by atoms with Crippen molar-refractivity contribution in [3.05, 3.63) is 95.3 Å². The number of fused-ring (bicyclic) bond motifs is 2. The lowest BCUT2D eigenvalue weighted by Crippen LogP contribution is -2.43. The molecule has 57 heavy (non-hydrogen) atoms. The summed E-state index contributed by atoms with van der Waals surface area (Å²) in [5.74, 6) is 2.28. The van der Waals surface area contributed by atoms with Crippen molar-refractivity contribution >= 4 is 29.9 Å². The molecule has 0 radical (unpaired) electrons. The molecule has 3 atom stereocenters. The topological polar surface area (TPSA) is 145 Å². The van der Waals surface area contributed by atoms with Crippen molar-refractivity contribution < 1.29 is 19.4 Å². The minimum absolute atomic E-state index is 0.150. The van der Waals surface area contributed by atoms with Crippen LogP contribution in [0.15, 0.2) is 72.9 Å². The van der Waals surface area contributed by atoms with E-state index in [9.17, 15) is 4.79 Å². The lowest BCUT2D eigenvalue weighted by atomic mass is 9.85. The van der Waals surface area contributed by atoms with Gasteiger partial charge in [0.1, 0.15) is 17.7 Å². The SMILES string of the molecule is C[C@H]1CCCCN1c1nnc2ccc(O[C@@H]3CC[C@H](NC(=O)Nc4cc(C(C)(C)C)nn4-c4cccc(CN5CCN(C)CC5)c4)c4ccccc43)cn12.O=CO. The molecular formula is C43H56N10O4. The third kappa shape index (κ3) is 9.23. The van der Waals surface area contributed by atoms with E-state index < -0.39 is 0 Å². The zero-order valence-corrected chi connectivity index (χ0v) is 33.8. The molecule has 0 spiro atoms. The molecule has 14 heteroatoms. The number of nitrogens with one attached hydrogen (secondary N) is 2. The number of amides is 2. The summed E-state index contributed by atoms with van der Waals surface area (Å²) in [6, 6.07) is 22.7. The second-order valence-electron chi connectivity index (χ2n) is 16.5. The van der Waals surface area contributed by atoms with Gasteiger partial charge in [-0.2, -0.15) is 5.10 Å². The molecule has 3 N–H and O–H groups in total. The molecule has 3 aliphatic rings. The number of anilines is 2. The van der Waals surface area contributed by atoms with Crippen LogP contribution >= 0.6 is 0 Å². The van der Waals surface area contributed by atoms with E-state index in [1.165, 1.54) is 12.0 Å². The van der Waals surface area contributed by atoms with E-state index in [1.54, 1.807) is 0 Å². The van der Waals surface area contributed by atoms with Gasteiger partial charge in [-0.1, -0.05) is 57.2 Å². The lowest BCUT2D eigenvalue weighted by Gasteiger charge is -2.33. The highest BCUT2D eigenvalue weighted by molar-refractivity contribution is 5.89. The number of likely N-dealkylation sites (N-methyl/N-ethyl adjacent to an activating group) is 1. The summed E-state index contributed by atoms with van der Waals surface area (Å²) in [4.78, 5) is 29.4. The number of benzene rings is 2. The standard InChI is InChI=1S/C42H54N10O2.CH2O2/c1-29-11-8-9-20-50(29)41-46-45-38-19-16-32(28-51(38)41)54-36-18-17-35(33-14-6-7-15-34(33)36)43-40(53)44-39-26-37(42(2,3)4)47-52(39)31-13-10-12-30(25-31)27-49-23-21-48(5)22-24-49;2-1-3/h6-7,10,12-16,19,25-26,28-29,35-36H,8-9,11,17-18,20-24,27H2,1-5H3,(H2,43,44,53);1H,(H,2,3)/t29-,35-,36+;/m0./s1. The van der Waals surface area contributed by atoms with Crippen LogP contribution in [0.3, 0.4) is 0 Å². The zero-order valence-electron chi connectivity index (χ0n) is 33.8. The summed E-state index contributed by atoms with van der Waals surface area (Å²) < 4.78 is 10.6. The summed E-state index contributed by atoms with van der Waals surface area (Å²) >= 11 is 0. The normalized spacial score (nSPS) is 20.3. The van der Waals surface area contributed by atoms with Crippen molar-refractivity contribution in [1.29, 1.82) is 0 Å². The first kappa shape index (κ1) is 39.8. The van der Waals surface area contributed by atoms with Crippen LogP contribution in [-0.2, 0) is 16.8 Å². The third-order valence-electron chi connectivity index (χ3n) is 11.3. The van der Waals surface area contributed by atoms with Gasteiger partial charge in [0.05, 0.1) is 23.6 Å². The molecule has 5 aromatic rings. The Balaban J connectivity index is 0.00000160. The Morgan fingerprint density at radius 2 is 1.70 bits per heavy atom. The second kappa shape index (κ2) is 17.3. The van der Waals surface area contributed by atoms with Crippen molar-refractivity contribution in [3.8, 4) is 11.4 Å². The van der Waals surface area contributed by atoms with Gasteiger partial charge in [0.2, 0.25) is 5.95 Å². The Hall–Kier alpha value is -5.47. The maximum absolute atomic E-state index is 13.8. The number of aromatic nitrogens is 5. The summed E-state index contributed by atoms with van der Waals surface area (Å²) in [6.07, 6.45) is 6.92. The maximum Gasteiger partial charge on any atom is 0.320 e. The molecule has 0 unspecified atom stereocenters. The summed E-state index contributed by atoms with van der Waals surface area (Å²) in [5, 5.41) is 27.4. The highest BCUT2D eigenvalue weighted by Gasteiger charge is 2.31. The highest BCUT2D eigenvalue weighted by Crippen LogP contribution is 2.39. The van der Waals surface area contributed by atoms with Gasteiger partial charge in [-0.3, -0.25) is 19.4 Å². The van der Waals surface area contributed by atoms with Crippen LogP contribution in [0.25, 0.3) is 11.3 Å². The number of carbonyl (C=O) groups is 2. The molecule has 2 aliphatic heterocycles. The molecule has 5 heterocycles. The van der Waals surface area contributed by atoms with Gasteiger partial charge in [-0.15, -0.1) is 10.2 Å². The van der Waals surface area contributed by atoms with Gasteiger partial charge < -0.3 is 25.0 Å². The fraction of sp³-hybridized carbons (Fsp3) is 0.465. The number of piperazine rings is 1. The van der Waals surface area contributed by atoms with Crippen LogP contribution in [0.1, 0.15) is 94.3 Å². The predicted molar refractivity (Wildman–Crippen MR) is 221 cm³/mol. The Morgan fingerprint density at radius 3 is 2.46 bits per heavy atom. The maximum atomic E-state index is 13.8.